The van der Waals surface area contributed by atoms with E-state index in [2.05, 4.69) is 94.0 Å². The summed E-state index contributed by atoms with van der Waals surface area (Å²) in [5, 5.41) is 13.0. The number of rotatable bonds is 6. The Bertz CT molecular complexity index is 1520. The Morgan fingerprint density at radius 2 is 1.31 bits per heavy atom. The molecule has 6 rings (SSSR count). The molecule has 0 aliphatic heterocycles. The van der Waals surface area contributed by atoms with Crippen LogP contribution in [0.5, 0.6) is 0 Å². The lowest BCUT2D eigenvalue weighted by atomic mass is 9.77. The van der Waals surface area contributed by atoms with Crippen molar-refractivity contribution in [2.45, 2.75) is 5.54 Å². The fourth-order valence-electron chi connectivity index (χ4n) is 5.03. The average Bonchev–Trinajstić information content (AvgIpc) is 3.54. The zero-order valence-electron chi connectivity index (χ0n) is 20.2. The lowest BCUT2D eigenvalue weighted by Crippen LogP contribution is -2.38. The molecule has 0 fully saturated rings. The van der Waals surface area contributed by atoms with Crippen LogP contribution in [0.25, 0.3) is 22.3 Å². The molecule has 176 valence electrons. The quantitative estimate of drug-likeness (QED) is 0.317. The smallest absolute Gasteiger partial charge is 0.138 e. The van der Waals surface area contributed by atoms with Crippen molar-refractivity contribution in [3.8, 4) is 11.3 Å². The molecule has 0 spiro atoms. The molecule has 36 heavy (non-hydrogen) atoms. The first kappa shape index (κ1) is 21.8. The topological polar surface area (TPSA) is 60.6 Å². The second kappa shape index (κ2) is 8.82. The van der Waals surface area contributed by atoms with Crippen molar-refractivity contribution >= 4 is 16.7 Å². The van der Waals surface area contributed by atoms with E-state index in [0.29, 0.717) is 0 Å². The van der Waals surface area contributed by atoms with Gasteiger partial charge in [-0.25, -0.2) is 4.68 Å². The molecule has 1 N–H and O–H groups in total. The molecule has 0 unspecified atom stereocenters. The number of hydrogen-bond donors (Lipinski definition) is 1. The number of nitrogens with zero attached hydrogens (tertiary/aromatic N) is 5. The normalized spacial score (nSPS) is 11.6. The van der Waals surface area contributed by atoms with Crippen LogP contribution in [-0.4, -0.2) is 31.6 Å². The van der Waals surface area contributed by atoms with Crippen molar-refractivity contribution in [2.75, 3.05) is 12.4 Å². The van der Waals surface area contributed by atoms with E-state index in [0.717, 1.165) is 44.7 Å². The number of aromatic nitrogens is 5. The predicted octanol–water partition coefficient (Wildman–Crippen LogP) is 5.71. The number of aryl methyl sites for hydroxylation is 1. The summed E-state index contributed by atoms with van der Waals surface area (Å²) < 4.78 is 3.93. The number of fused-ring (bicyclic) bond motifs is 1. The third-order valence-corrected chi connectivity index (χ3v) is 6.68. The van der Waals surface area contributed by atoms with Gasteiger partial charge in [0.15, 0.2) is 0 Å². The average molecular weight is 471 g/mol. The third kappa shape index (κ3) is 3.38. The monoisotopic (exact) mass is 470 g/mol. The first-order valence-corrected chi connectivity index (χ1v) is 11.9. The molecule has 3 aromatic carbocycles. The largest absolute Gasteiger partial charge is 0.387 e. The van der Waals surface area contributed by atoms with Crippen LogP contribution in [0.2, 0.25) is 0 Å². The van der Waals surface area contributed by atoms with Gasteiger partial charge in [-0.1, -0.05) is 91.0 Å². The van der Waals surface area contributed by atoms with Crippen molar-refractivity contribution < 1.29 is 0 Å². The minimum atomic E-state index is -0.740. The van der Waals surface area contributed by atoms with Crippen molar-refractivity contribution in [3.63, 3.8) is 0 Å². The minimum Gasteiger partial charge on any atom is -0.387 e. The van der Waals surface area contributed by atoms with Gasteiger partial charge in [0.1, 0.15) is 16.7 Å². The van der Waals surface area contributed by atoms with E-state index in [-0.39, 0.29) is 0 Å². The molecule has 0 saturated heterocycles. The van der Waals surface area contributed by atoms with Gasteiger partial charge >= 0.3 is 0 Å². The zero-order valence-corrected chi connectivity index (χ0v) is 20.2. The highest BCUT2D eigenvalue weighted by atomic mass is 15.3. The highest BCUT2D eigenvalue weighted by Crippen LogP contribution is 2.43. The van der Waals surface area contributed by atoms with E-state index in [4.69, 9.17) is 10.1 Å². The van der Waals surface area contributed by atoms with E-state index in [9.17, 15) is 0 Å². The van der Waals surface area contributed by atoms with Gasteiger partial charge in [-0.2, -0.15) is 10.2 Å². The first-order valence-electron chi connectivity index (χ1n) is 11.9. The summed E-state index contributed by atoms with van der Waals surface area (Å²) >= 11 is 0. The third-order valence-electron chi connectivity index (χ3n) is 6.68. The second-order valence-corrected chi connectivity index (χ2v) is 8.81. The van der Waals surface area contributed by atoms with Crippen molar-refractivity contribution in [2.24, 2.45) is 7.05 Å². The maximum atomic E-state index is 5.32. The minimum absolute atomic E-state index is 0.740. The molecule has 0 aliphatic rings. The van der Waals surface area contributed by atoms with Gasteiger partial charge in [0.05, 0.1) is 23.6 Å². The Balaban J connectivity index is 1.80. The molecule has 3 heterocycles. The van der Waals surface area contributed by atoms with E-state index < -0.39 is 5.54 Å². The number of anilines is 1. The highest BCUT2D eigenvalue weighted by Gasteiger charge is 2.41. The summed E-state index contributed by atoms with van der Waals surface area (Å²) in [7, 11) is 3.82. The summed E-state index contributed by atoms with van der Waals surface area (Å²) in [6.45, 7) is 0. The summed E-state index contributed by atoms with van der Waals surface area (Å²) in [6.07, 6.45) is 5.67. The van der Waals surface area contributed by atoms with Crippen molar-refractivity contribution in [1.29, 1.82) is 0 Å². The maximum absolute atomic E-state index is 5.32. The Morgan fingerprint density at radius 3 is 1.78 bits per heavy atom. The zero-order chi connectivity index (χ0) is 24.5. The number of hydrogen-bond acceptors (Lipinski definition) is 4. The van der Waals surface area contributed by atoms with Gasteiger partial charge in [0, 0.05) is 25.9 Å². The van der Waals surface area contributed by atoms with Gasteiger partial charge in [0.2, 0.25) is 0 Å². The fourth-order valence-corrected chi connectivity index (χ4v) is 5.03. The van der Waals surface area contributed by atoms with E-state index in [1.807, 2.05) is 50.9 Å². The van der Waals surface area contributed by atoms with Crippen LogP contribution in [0.3, 0.4) is 0 Å². The molecule has 0 bridgehead atoms. The van der Waals surface area contributed by atoms with Crippen molar-refractivity contribution in [3.05, 3.63) is 132 Å². The van der Waals surface area contributed by atoms with Crippen LogP contribution in [0.4, 0.5) is 5.69 Å². The molecule has 0 atom stereocenters. The molecule has 0 radical (unpaired) electrons. The van der Waals surface area contributed by atoms with Crippen LogP contribution in [0.15, 0.2) is 116 Å². The fraction of sp³-hybridized carbons (Fsp3) is 0.100. The number of pyridine rings is 1. The lowest BCUT2D eigenvalue weighted by molar-refractivity contribution is 0.477. The molecular formula is C30H26N6. The number of benzene rings is 3. The summed E-state index contributed by atoms with van der Waals surface area (Å²) in [6, 6.07) is 33.8. The molecule has 6 nitrogen and oxygen atoms in total. The summed E-state index contributed by atoms with van der Waals surface area (Å²) in [5.41, 5.74) is 6.99. The summed E-state index contributed by atoms with van der Waals surface area (Å²) in [5.74, 6) is 0. The molecule has 6 aromatic rings. The van der Waals surface area contributed by atoms with Crippen molar-refractivity contribution in [1.82, 2.24) is 24.5 Å². The van der Waals surface area contributed by atoms with Crippen LogP contribution < -0.4 is 5.32 Å². The maximum Gasteiger partial charge on any atom is 0.138 e. The molecular weight excluding hydrogens is 444 g/mol. The van der Waals surface area contributed by atoms with E-state index >= 15 is 0 Å². The Morgan fingerprint density at radius 1 is 0.750 bits per heavy atom. The summed E-state index contributed by atoms with van der Waals surface area (Å²) in [4.78, 5) is 4.87. The molecule has 0 saturated carbocycles. The van der Waals surface area contributed by atoms with Crippen LogP contribution in [0.1, 0.15) is 16.7 Å². The molecule has 0 aliphatic carbocycles. The van der Waals surface area contributed by atoms with Gasteiger partial charge < -0.3 is 5.32 Å². The van der Waals surface area contributed by atoms with E-state index in [1.165, 1.54) is 0 Å². The Kier molecular flexibility index (Phi) is 5.34. The van der Waals surface area contributed by atoms with Gasteiger partial charge in [-0.15, -0.1) is 0 Å². The van der Waals surface area contributed by atoms with Crippen LogP contribution in [-0.2, 0) is 12.6 Å². The standard InChI is InChI=1S/C30H26N6/c1-31-26-18-27-29(32-20-26)28(22-19-33-35(2)21-22)34-36(27)30(23-12-6-3-7-13-23,24-14-8-4-9-15-24)25-16-10-5-11-17-25/h3-21,31H,1-2H3. The highest BCUT2D eigenvalue weighted by molar-refractivity contribution is 5.92. The molecule has 3 aromatic heterocycles. The predicted molar refractivity (Wildman–Crippen MR) is 144 cm³/mol. The molecule has 0 amide bonds. The lowest BCUT2D eigenvalue weighted by Gasteiger charge is -2.37. The Hall–Kier alpha value is -4.71. The Labute approximate surface area is 209 Å². The van der Waals surface area contributed by atoms with Crippen LogP contribution >= 0.6 is 0 Å². The van der Waals surface area contributed by atoms with Gasteiger partial charge in [-0.05, 0) is 22.8 Å². The van der Waals surface area contributed by atoms with Gasteiger partial charge in [-0.3, -0.25) is 9.67 Å². The molecule has 6 heteroatoms. The second-order valence-electron chi connectivity index (χ2n) is 8.81. The van der Waals surface area contributed by atoms with E-state index in [1.54, 1.807) is 4.68 Å². The first-order chi connectivity index (χ1) is 17.7. The number of nitrogens with one attached hydrogen (secondary N) is 1. The van der Waals surface area contributed by atoms with Gasteiger partial charge in [0.25, 0.3) is 0 Å². The SMILES string of the molecule is CNc1cnc2c(-c3cnn(C)c3)nn(C(c3ccccc3)(c3ccccc3)c3ccccc3)c2c1. The van der Waals surface area contributed by atoms with Crippen LogP contribution in [0, 0.1) is 0 Å².